The van der Waals surface area contributed by atoms with Crippen molar-refractivity contribution in [1.82, 2.24) is 0 Å². The van der Waals surface area contributed by atoms with E-state index in [0.717, 1.165) is 42.9 Å². The van der Waals surface area contributed by atoms with Crippen molar-refractivity contribution in [3.8, 4) is 0 Å². The van der Waals surface area contributed by atoms with E-state index in [0.29, 0.717) is 36.6 Å². The van der Waals surface area contributed by atoms with Crippen LogP contribution in [0.4, 0.5) is 0 Å². The second-order valence-corrected chi connectivity index (χ2v) is 11.4. The summed E-state index contributed by atoms with van der Waals surface area (Å²) in [6.45, 7) is 4.83. The van der Waals surface area contributed by atoms with Crippen LogP contribution in [0.3, 0.4) is 0 Å². The van der Waals surface area contributed by atoms with Gasteiger partial charge < -0.3 is 9.47 Å². The van der Waals surface area contributed by atoms with Gasteiger partial charge in [-0.3, -0.25) is 9.59 Å². The molecule has 0 aromatic heterocycles. The van der Waals surface area contributed by atoms with Crippen molar-refractivity contribution in [2.75, 3.05) is 6.61 Å². The van der Waals surface area contributed by atoms with Crippen LogP contribution >= 0.6 is 0 Å². The van der Waals surface area contributed by atoms with Gasteiger partial charge in [0.15, 0.2) is 5.78 Å². The van der Waals surface area contributed by atoms with Gasteiger partial charge in [0.2, 0.25) is 0 Å². The third-order valence-electron chi connectivity index (χ3n) is 10.6. The Hall–Kier alpha value is -1.16. The summed E-state index contributed by atoms with van der Waals surface area (Å²) in [6, 6.07) is 0. The van der Waals surface area contributed by atoms with Gasteiger partial charge in [-0.2, -0.15) is 0 Å². The summed E-state index contributed by atoms with van der Waals surface area (Å²) in [5.74, 6) is 5.51. The summed E-state index contributed by atoms with van der Waals surface area (Å²) in [7, 11) is 0. The number of hydrogen-bond acceptors (Lipinski definition) is 4. The van der Waals surface area contributed by atoms with Gasteiger partial charge in [-0.15, -0.1) is 0 Å². The molecule has 0 aromatic carbocycles. The number of hydrogen-bond donors (Lipinski definition) is 0. The van der Waals surface area contributed by atoms with E-state index in [1.807, 2.05) is 6.92 Å². The third kappa shape index (κ3) is 1.92. The van der Waals surface area contributed by atoms with Crippen LogP contribution in [-0.4, -0.2) is 29.6 Å². The van der Waals surface area contributed by atoms with E-state index < -0.39 is 0 Å². The first-order valence-electron chi connectivity index (χ1n) is 12.1. The van der Waals surface area contributed by atoms with E-state index >= 15 is 0 Å². The minimum atomic E-state index is -0.0593. The fourth-order valence-corrected chi connectivity index (χ4v) is 9.51. The highest BCUT2D eigenvalue weighted by Crippen LogP contribution is 2.86. The Morgan fingerprint density at radius 3 is 2.93 bits per heavy atom. The summed E-state index contributed by atoms with van der Waals surface area (Å²) < 4.78 is 12.0. The zero-order valence-corrected chi connectivity index (χ0v) is 17.6. The highest BCUT2D eigenvalue weighted by molar-refractivity contribution is 5.92. The molecule has 10 unspecified atom stereocenters. The summed E-state index contributed by atoms with van der Waals surface area (Å²) in [6.07, 6.45) is 10.3. The highest BCUT2D eigenvalue weighted by Gasteiger charge is 2.90. The number of allylic oxidation sites excluding steroid dienone is 1. The molecule has 7 rings (SSSR count). The number of ether oxygens (including phenoxy) is 2. The number of epoxide rings is 1. The Labute approximate surface area is 172 Å². The summed E-state index contributed by atoms with van der Waals surface area (Å²) in [5.41, 5.74) is 1.83. The normalized spacial score (nSPS) is 57.2. The molecule has 7 aliphatic rings. The molecule has 4 heteroatoms. The lowest BCUT2D eigenvalue weighted by Crippen LogP contribution is -2.52. The molecular formula is C25H32O4. The summed E-state index contributed by atoms with van der Waals surface area (Å²) in [5, 5.41) is 0. The Bertz CT molecular complexity index is 861. The van der Waals surface area contributed by atoms with Gasteiger partial charge in [0, 0.05) is 12.8 Å². The molecule has 0 radical (unpaired) electrons. The van der Waals surface area contributed by atoms with Crippen molar-refractivity contribution < 1.29 is 19.1 Å². The Morgan fingerprint density at radius 2 is 2.10 bits per heavy atom. The molecule has 1 saturated heterocycles. The minimum Gasteiger partial charge on any atom is -0.466 e. The predicted molar refractivity (Wildman–Crippen MR) is 106 cm³/mol. The molecule has 1 aliphatic heterocycles. The topological polar surface area (TPSA) is 55.9 Å². The molecule has 6 fully saturated rings. The van der Waals surface area contributed by atoms with Gasteiger partial charge in [-0.1, -0.05) is 12.5 Å². The highest BCUT2D eigenvalue weighted by atomic mass is 16.6. The monoisotopic (exact) mass is 396 g/mol. The molecule has 0 amide bonds. The largest absolute Gasteiger partial charge is 0.466 e. The third-order valence-corrected chi connectivity index (χ3v) is 10.6. The fourth-order valence-electron chi connectivity index (χ4n) is 9.51. The molecule has 6 aliphatic carbocycles. The zero-order chi connectivity index (χ0) is 19.8. The maximum atomic E-state index is 12.2. The van der Waals surface area contributed by atoms with Crippen LogP contribution in [0.1, 0.15) is 65.2 Å². The van der Waals surface area contributed by atoms with Crippen LogP contribution in [0.2, 0.25) is 0 Å². The van der Waals surface area contributed by atoms with Crippen LogP contribution in [0.25, 0.3) is 0 Å². The molecular weight excluding hydrogens is 364 g/mol. The van der Waals surface area contributed by atoms with Gasteiger partial charge in [0.1, 0.15) is 11.2 Å². The number of esters is 1. The molecule has 1 spiro atoms. The Morgan fingerprint density at radius 1 is 1.24 bits per heavy atom. The van der Waals surface area contributed by atoms with E-state index in [1.165, 1.54) is 31.3 Å². The van der Waals surface area contributed by atoms with Crippen molar-refractivity contribution >= 4 is 11.8 Å². The zero-order valence-electron chi connectivity index (χ0n) is 17.6. The molecule has 156 valence electrons. The first kappa shape index (κ1) is 17.5. The number of rotatable bonds is 4. The van der Waals surface area contributed by atoms with E-state index in [1.54, 1.807) is 0 Å². The molecule has 10 atom stereocenters. The average molecular weight is 397 g/mol. The van der Waals surface area contributed by atoms with Crippen molar-refractivity contribution in [3.63, 3.8) is 0 Å². The summed E-state index contributed by atoms with van der Waals surface area (Å²) >= 11 is 0. The lowest BCUT2D eigenvalue weighted by atomic mass is 9.48. The van der Waals surface area contributed by atoms with E-state index in [2.05, 4.69) is 13.0 Å². The molecule has 0 aromatic rings. The molecule has 0 bridgehead atoms. The van der Waals surface area contributed by atoms with Crippen LogP contribution in [0.15, 0.2) is 11.6 Å². The van der Waals surface area contributed by atoms with Crippen LogP contribution < -0.4 is 0 Å². The van der Waals surface area contributed by atoms with Crippen LogP contribution in [-0.2, 0) is 19.1 Å². The van der Waals surface area contributed by atoms with Crippen molar-refractivity contribution in [2.45, 2.75) is 76.4 Å². The number of carbonyl (C=O) groups excluding carboxylic acids is 2. The lowest BCUT2D eigenvalue weighted by molar-refractivity contribution is -0.143. The molecule has 0 N–H and O–H groups in total. The number of fused-ring (bicyclic) bond motifs is 10. The van der Waals surface area contributed by atoms with E-state index in [4.69, 9.17) is 9.47 Å². The molecule has 1 heterocycles. The van der Waals surface area contributed by atoms with Crippen molar-refractivity contribution in [3.05, 3.63) is 11.6 Å². The Balaban J connectivity index is 1.20. The van der Waals surface area contributed by atoms with E-state index in [-0.39, 0.29) is 22.6 Å². The van der Waals surface area contributed by atoms with Gasteiger partial charge >= 0.3 is 5.97 Å². The van der Waals surface area contributed by atoms with Gasteiger partial charge in [0.05, 0.1) is 6.61 Å². The van der Waals surface area contributed by atoms with Gasteiger partial charge in [-0.05, 0) is 98.4 Å². The second kappa shape index (κ2) is 5.18. The molecule has 4 nitrogen and oxygen atoms in total. The maximum absolute atomic E-state index is 12.2. The van der Waals surface area contributed by atoms with Crippen LogP contribution in [0, 0.1) is 46.8 Å². The number of ketones is 1. The molecule has 5 saturated carbocycles. The average Bonchev–Trinajstić information content (AvgIpc) is 3.59. The Kier molecular flexibility index (Phi) is 3.13. The summed E-state index contributed by atoms with van der Waals surface area (Å²) in [4.78, 5) is 24.2. The minimum absolute atomic E-state index is 0.00992. The quantitative estimate of drug-likeness (QED) is 0.531. The van der Waals surface area contributed by atoms with Gasteiger partial charge in [-0.25, -0.2) is 0 Å². The van der Waals surface area contributed by atoms with Crippen molar-refractivity contribution in [1.29, 1.82) is 0 Å². The van der Waals surface area contributed by atoms with Crippen molar-refractivity contribution in [2.24, 2.45) is 46.8 Å². The lowest BCUT2D eigenvalue weighted by Gasteiger charge is -2.55. The maximum Gasteiger partial charge on any atom is 0.305 e. The first-order valence-corrected chi connectivity index (χ1v) is 12.1. The van der Waals surface area contributed by atoms with Gasteiger partial charge in [0.25, 0.3) is 0 Å². The standard InChI is InChI=1S/C25H32O4/c1-3-28-20(27)6-9-24-19-12-16(19)22-21-15-11-14(15)18-10-13(26)4-7-23(18,2)17(21)5-8-25(22,24)29-24/h10,14-17,19,21-22H,3-9,11-12H2,1-2H3. The fraction of sp³-hybridized carbons (Fsp3) is 0.840. The van der Waals surface area contributed by atoms with E-state index in [9.17, 15) is 9.59 Å². The predicted octanol–water partition coefficient (Wildman–Crippen LogP) is 4.07. The first-order chi connectivity index (χ1) is 14.0. The second-order valence-electron chi connectivity index (χ2n) is 11.4. The van der Waals surface area contributed by atoms with Crippen LogP contribution in [0.5, 0.6) is 0 Å². The smallest absolute Gasteiger partial charge is 0.305 e. The molecule has 29 heavy (non-hydrogen) atoms. The number of carbonyl (C=O) groups is 2. The SMILES string of the molecule is CCOC(=O)CCC12OC13CCC1C(C4CC4C4=CC(=O)CCC41C)C3C1CC12.